The number of benzene rings is 2. The molecule has 1 amide bonds. The molecule has 0 unspecified atom stereocenters. The molecule has 2 rings (SSSR count). The van der Waals surface area contributed by atoms with Gasteiger partial charge in [0.05, 0.1) is 18.0 Å². The van der Waals surface area contributed by atoms with Gasteiger partial charge in [-0.15, -0.1) is 0 Å². The van der Waals surface area contributed by atoms with Crippen molar-refractivity contribution in [3.05, 3.63) is 64.7 Å². The third-order valence-electron chi connectivity index (χ3n) is 4.24. The van der Waals surface area contributed by atoms with E-state index in [0.29, 0.717) is 11.3 Å². The Morgan fingerprint density at radius 3 is 2.24 bits per heavy atom. The molecular formula is C19H24N2O3S. The van der Waals surface area contributed by atoms with E-state index in [1.807, 2.05) is 32.9 Å². The van der Waals surface area contributed by atoms with Gasteiger partial charge in [-0.05, 0) is 56.2 Å². The Morgan fingerprint density at radius 1 is 1.08 bits per heavy atom. The van der Waals surface area contributed by atoms with Gasteiger partial charge < -0.3 is 5.32 Å². The number of anilines is 1. The number of aryl methyl sites for hydroxylation is 2. The van der Waals surface area contributed by atoms with Crippen LogP contribution in [0.2, 0.25) is 0 Å². The van der Waals surface area contributed by atoms with E-state index in [1.165, 1.54) is 11.4 Å². The number of hydrogen-bond donors (Lipinski definition) is 1. The monoisotopic (exact) mass is 360 g/mol. The third kappa shape index (κ3) is 4.60. The summed E-state index contributed by atoms with van der Waals surface area (Å²) in [6.07, 6.45) is 1.14. The van der Waals surface area contributed by atoms with Crippen LogP contribution in [0.5, 0.6) is 0 Å². The molecule has 5 nitrogen and oxygen atoms in total. The van der Waals surface area contributed by atoms with Gasteiger partial charge in [0, 0.05) is 12.6 Å². The zero-order valence-corrected chi connectivity index (χ0v) is 16.0. The lowest BCUT2D eigenvalue weighted by Crippen LogP contribution is -2.27. The van der Waals surface area contributed by atoms with Crippen LogP contribution in [0.15, 0.2) is 42.5 Å². The molecule has 0 aliphatic carbocycles. The first kappa shape index (κ1) is 19.0. The number of amides is 1. The quantitative estimate of drug-likeness (QED) is 0.890. The Kier molecular flexibility index (Phi) is 5.52. The minimum Gasteiger partial charge on any atom is -0.346 e. The molecule has 0 fully saturated rings. The van der Waals surface area contributed by atoms with Crippen LogP contribution in [0.25, 0.3) is 0 Å². The molecule has 0 saturated carbocycles. The van der Waals surface area contributed by atoms with Gasteiger partial charge in [-0.1, -0.05) is 23.8 Å². The van der Waals surface area contributed by atoms with Crippen molar-refractivity contribution in [3.8, 4) is 0 Å². The van der Waals surface area contributed by atoms with Gasteiger partial charge in [0.1, 0.15) is 0 Å². The number of nitrogens with zero attached hydrogens (tertiary/aromatic N) is 1. The standard InChI is InChI=1S/C19H24N2O3S/c1-13-6-7-14(2)18(12-13)15(3)20-19(22)16-8-10-17(11-9-16)21(4)25(5,23)24/h6-12,15H,1-5H3,(H,20,22)/t15-/m0/s1. The van der Waals surface area contributed by atoms with Crippen LogP contribution in [0.1, 0.15) is 40.0 Å². The predicted octanol–water partition coefficient (Wildman–Crippen LogP) is 3.19. The summed E-state index contributed by atoms with van der Waals surface area (Å²) in [6.45, 7) is 5.99. The Bertz CT molecular complexity index is 874. The van der Waals surface area contributed by atoms with Crippen LogP contribution >= 0.6 is 0 Å². The van der Waals surface area contributed by atoms with Gasteiger partial charge in [0.2, 0.25) is 10.0 Å². The molecule has 0 heterocycles. The number of hydrogen-bond acceptors (Lipinski definition) is 3. The van der Waals surface area contributed by atoms with Crippen LogP contribution in [0, 0.1) is 13.8 Å². The van der Waals surface area contributed by atoms with E-state index >= 15 is 0 Å². The molecule has 0 aliphatic heterocycles. The number of nitrogens with one attached hydrogen (secondary N) is 1. The first-order valence-corrected chi connectivity index (χ1v) is 9.86. The Hall–Kier alpha value is -2.34. The second-order valence-electron chi connectivity index (χ2n) is 6.33. The number of carbonyl (C=O) groups excluding carboxylic acids is 1. The van der Waals surface area contributed by atoms with Crippen molar-refractivity contribution in [2.75, 3.05) is 17.6 Å². The maximum Gasteiger partial charge on any atom is 0.251 e. The molecule has 0 spiro atoms. The summed E-state index contributed by atoms with van der Waals surface area (Å²) in [6, 6.07) is 12.5. The molecule has 2 aromatic carbocycles. The third-order valence-corrected chi connectivity index (χ3v) is 5.45. The maximum absolute atomic E-state index is 12.5. The minimum absolute atomic E-state index is 0.120. The molecule has 6 heteroatoms. The van der Waals surface area contributed by atoms with Gasteiger partial charge in [0.25, 0.3) is 5.91 Å². The first-order valence-electron chi connectivity index (χ1n) is 8.01. The number of sulfonamides is 1. The van der Waals surface area contributed by atoms with E-state index in [4.69, 9.17) is 0 Å². The van der Waals surface area contributed by atoms with Crippen molar-refractivity contribution in [1.82, 2.24) is 5.32 Å². The molecule has 2 aromatic rings. The van der Waals surface area contributed by atoms with Crippen LogP contribution in [-0.4, -0.2) is 27.6 Å². The number of rotatable bonds is 5. The molecule has 1 atom stereocenters. The smallest absolute Gasteiger partial charge is 0.251 e. The molecule has 0 saturated heterocycles. The normalized spacial score (nSPS) is 12.5. The fraction of sp³-hybridized carbons (Fsp3) is 0.316. The zero-order valence-electron chi connectivity index (χ0n) is 15.2. The molecule has 25 heavy (non-hydrogen) atoms. The minimum atomic E-state index is -3.32. The highest BCUT2D eigenvalue weighted by atomic mass is 32.2. The van der Waals surface area contributed by atoms with Crippen molar-refractivity contribution >= 4 is 21.6 Å². The molecule has 0 bridgehead atoms. The van der Waals surface area contributed by atoms with E-state index in [2.05, 4.69) is 11.4 Å². The molecule has 134 valence electrons. The molecule has 1 N–H and O–H groups in total. The SMILES string of the molecule is Cc1ccc(C)c([C@H](C)NC(=O)c2ccc(N(C)S(C)(=O)=O)cc2)c1. The summed E-state index contributed by atoms with van der Waals surface area (Å²) in [5.74, 6) is -0.193. The lowest BCUT2D eigenvalue weighted by atomic mass is 9.99. The zero-order chi connectivity index (χ0) is 18.8. The van der Waals surface area contributed by atoms with E-state index in [0.717, 1.165) is 22.9 Å². The van der Waals surface area contributed by atoms with Crippen molar-refractivity contribution in [1.29, 1.82) is 0 Å². The highest BCUT2D eigenvalue weighted by molar-refractivity contribution is 7.92. The van der Waals surface area contributed by atoms with Crippen LogP contribution in [0.3, 0.4) is 0 Å². The average Bonchev–Trinajstić information content (AvgIpc) is 2.55. The van der Waals surface area contributed by atoms with Crippen molar-refractivity contribution in [3.63, 3.8) is 0 Å². The van der Waals surface area contributed by atoms with Gasteiger partial charge in [-0.25, -0.2) is 8.42 Å². The Morgan fingerprint density at radius 2 is 1.68 bits per heavy atom. The van der Waals surface area contributed by atoms with Crippen molar-refractivity contribution < 1.29 is 13.2 Å². The van der Waals surface area contributed by atoms with Crippen molar-refractivity contribution in [2.45, 2.75) is 26.8 Å². The van der Waals surface area contributed by atoms with Gasteiger partial charge in [0.15, 0.2) is 0 Å². The van der Waals surface area contributed by atoms with Crippen LogP contribution in [-0.2, 0) is 10.0 Å². The van der Waals surface area contributed by atoms with E-state index < -0.39 is 10.0 Å². The van der Waals surface area contributed by atoms with E-state index in [9.17, 15) is 13.2 Å². The highest BCUT2D eigenvalue weighted by Crippen LogP contribution is 2.20. The van der Waals surface area contributed by atoms with Crippen LogP contribution in [0.4, 0.5) is 5.69 Å². The van der Waals surface area contributed by atoms with Gasteiger partial charge >= 0.3 is 0 Å². The highest BCUT2D eigenvalue weighted by Gasteiger charge is 2.15. The van der Waals surface area contributed by atoms with Crippen molar-refractivity contribution in [2.24, 2.45) is 0 Å². The molecule has 0 radical (unpaired) electrons. The topological polar surface area (TPSA) is 66.5 Å². The van der Waals surface area contributed by atoms with E-state index in [1.54, 1.807) is 24.3 Å². The van der Waals surface area contributed by atoms with Gasteiger partial charge in [-0.3, -0.25) is 9.10 Å². The summed E-state index contributed by atoms with van der Waals surface area (Å²) in [5.41, 5.74) is 4.37. The summed E-state index contributed by atoms with van der Waals surface area (Å²) < 4.78 is 24.3. The lowest BCUT2D eigenvalue weighted by Gasteiger charge is -2.19. The van der Waals surface area contributed by atoms with Crippen LogP contribution < -0.4 is 9.62 Å². The van der Waals surface area contributed by atoms with E-state index in [-0.39, 0.29) is 11.9 Å². The fourth-order valence-electron chi connectivity index (χ4n) is 2.60. The molecular weight excluding hydrogens is 336 g/mol. The summed E-state index contributed by atoms with van der Waals surface area (Å²) >= 11 is 0. The fourth-order valence-corrected chi connectivity index (χ4v) is 3.10. The lowest BCUT2D eigenvalue weighted by molar-refractivity contribution is 0.0940. The summed E-state index contributed by atoms with van der Waals surface area (Å²) in [7, 11) is -1.84. The largest absolute Gasteiger partial charge is 0.346 e. The Balaban J connectivity index is 2.14. The Labute approximate surface area is 149 Å². The predicted molar refractivity (Wildman–Crippen MR) is 101 cm³/mol. The second-order valence-corrected chi connectivity index (χ2v) is 8.35. The maximum atomic E-state index is 12.5. The number of carbonyl (C=O) groups is 1. The average molecular weight is 360 g/mol. The van der Waals surface area contributed by atoms with Gasteiger partial charge in [-0.2, -0.15) is 0 Å². The molecule has 0 aliphatic rings. The first-order chi connectivity index (χ1) is 11.6. The second kappa shape index (κ2) is 7.27. The summed E-state index contributed by atoms with van der Waals surface area (Å²) in [5, 5.41) is 2.99. The molecule has 0 aromatic heterocycles. The summed E-state index contributed by atoms with van der Waals surface area (Å²) in [4.78, 5) is 12.5.